The average molecular weight is 517 g/mol. The Morgan fingerprint density at radius 1 is 0.583 bits per heavy atom. The van der Waals surface area contributed by atoms with Gasteiger partial charge in [-0.3, -0.25) is 0 Å². The molecule has 0 aliphatic carbocycles. The Bertz CT molecular complexity index is 1770. The Hall–Kier alpha value is -2.96. The molecule has 4 nitrogen and oxygen atoms in total. The highest BCUT2D eigenvalue weighted by atomic mass is 32.2. The highest BCUT2D eigenvalue weighted by Crippen LogP contribution is 2.41. The van der Waals surface area contributed by atoms with Gasteiger partial charge in [-0.2, -0.15) is 0 Å². The van der Waals surface area contributed by atoms with Gasteiger partial charge in [0.15, 0.2) is 19.7 Å². The molecule has 0 aromatic heterocycles. The summed E-state index contributed by atoms with van der Waals surface area (Å²) in [5, 5.41) is 5.94. The van der Waals surface area contributed by atoms with E-state index in [0.717, 1.165) is 32.3 Å². The fourth-order valence-corrected chi connectivity index (χ4v) is 8.64. The van der Waals surface area contributed by atoms with Crippen molar-refractivity contribution in [1.82, 2.24) is 0 Å². The third kappa shape index (κ3) is 4.06. The summed E-state index contributed by atoms with van der Waals surface area (Å²) >= 11 is 0. The topological polar surface area (TPSA) is 68.3 Å². The van der Waals surface area contributed by atoms with Crippen molar-refractivity contribution in [3.05, 3.63) is 94.5 Å². The molecule has 36 heavy (non-hydrogen) atoms. The third-order valence-electron chi connectivity index (χ3n) is 7.27. The molecule has 0 radical (unpaired) electrons. The van der Waals surface area contributed by atoms with Crippen LogP contribution in [0.2, 0.25) is 0 Å². The smallest absolute Gasteiger partial charge is 0.158 e. The van der Waals surface area contributed by atoms with Crippen LogP contribution in [0.15, 0.2) is 66.7 Å². The van der Waals surface area contributed by atoms with Crippen molar-refractivity contribution >= 4 is 52.0 Å². The summed E-state index contributed by atoms with van der Waals surface area (Å²) in [5.74, 6) is -0.502. The molecular weight excluding hydrogens is 488 g/mol. The minimum atomic E-state index is -3.48. The SMILES string of the molecule is CC(C)(C)c1cc2ccc3c4cc(c5ccc(c1)c2c35)CS(=O)(=O)Cc1cccc(c1)CS(=O)(=O)C4. The van der Waals surface area contributed by atoms with Gasteiger partial charge < -0.3 is 0 Å². The maximum atomic E-state index is 13.3. The van der Waals surface area contributed by atoms with Crippen LogP contribution in [-0.2, 0) is 48.1 Å². The molecule has 6 rings (SSSR count). The lowest BCUT2D eigenvalue weighted by atomic mass is 9.82. The number of rotatable bonds is 0. The minimum absolute atomic E-state index is 0.0213. The van der Waals surface area contributed by atoms with E-state index in [9.17, 15) is 16.8 Å². The second-order valence-electron chi connectivity index (χ2n) is 11.2. The van der Waals surface area contributed by atoms with E-state index in [1.807, 2.05) is 18.2 Å². The van der Waals surface area contributed by atoms with E-state index in [4.69, 9.17) is 0 Å². The van der Waals surface area contributed by atoms with Crippen LogP contribution >= 0.6 is 0 Å². The van der Waals surface area contributed by atoms with Crippen LogP contribution in [0.4, 0.5) is 0 Å². The minimum Gasteiger partial charge on any atom is -0.228 e. The number of hydrogen-bond acceptors (Lipinski definition) is 4. The molecule has 184 valence electrons. The Morgan fingerprint density at radius 2 is 1.08 bits per heavy atom. The number of hydrogen-bond donors (Lipinski definition) is 0. The first-order valence-corrected chi connectivity index (χ1v) is 15.8. The standard InChI is InChI=1S/C30H28O4S2/c1-30(2,3)25-13-21-7-9-26-23-12-24(27-10-8-22(14-25)28(21)29(26)27)18-36(33,34)16-20-6-4-5-19(11-20)15-35(31,32)17-23/h4-14H,15-18H2,1-3H3. The van der Waals surface area contributed by atoms with E-state index in [0.29, 0.717) is 22.3 Å². The maximum absolute atomic E-state index is 13.3. The quantitative estimate of drug-likeness (QED) is 0.223. The van der Waals surface area contributed by atoms with Crippen LogP contribution in [-0.4, -0.2) is 16.8 Å². The highest BCUT2D eigenvalue weighted by Gasteiger charge is 2.24. The van der Waals surface area contributed by atoms with Gasteiger partial charge >= 0.3 is 0 Å². The monoisotopic (exact) mass is 516 g/mol. The number of sulfone groups is 2. The summed E-state index contributed by atoms with van der Waals surface area (Å²) in [7, 11) is -6.95. The zero-order valence-corrected chi connectivity index (χ0v) is 22.3. The van der Waals surface area contributed by atoms with Crippen LogP contribution in [0.5, 0.6) is 0 Å². The summed E-state index contributed by atoms with van der Waals surface area (Å²) in [6.07, 6.45) is 0. The van der Waals surface area contributed by atoms with Gasteiger partial charge in [-0.15, -0.1) is 0 Å². The zero-order chi connectivity index (χ0) is 25.5. The highest BCUT2D eigenvalue weighted by molar-refractivity contribution is 7.90. The molecule has 0 N–H and O–H groups in total. The molecule has 0 fully saturated rings. The predicted octanol–water partition coefficient (Wildman–Crippen LogP) is 6.42. The second-order valence-corrected chi connectivity index (χ2v) is 15.4. The first kappa shape index (κ1) is 23.4. The third-order valence-corrected chi connectivity index (χ3v) is 10.3. The van der Waals surface area contributed by atoms with Crippen molar-refractivity contribution < 1.29 is 16.8 Å². The van der Waals surface area contributed by atoms with Crippen molar-refractivity contribution in [3.63, 3.8) is 0 Å². The Morgan fingerprint density at radius 3 is 1.56 bits per heavy atom. The summed E-state index contributed by atoms with van der Waals surface area (Å²) in [5.41, 5.74) is 3.78. The molecule has 0 amide bonds. The van der Waals surface area contributed by atoms with Crippen LogP contribution in [0, 0.1) is 0 Å². The first-order chi connectivity index (χ1) is 16.9. The van der Waals surface area contributed by atoms with Gasteiger partial charge in [0.25, 0.3) is 0 Å². The van der Waals surface area contributed by atoms with Gasteiger partial charge in [0.05, 0.1) is 23.0 Å². The maximum Gasteiger partial charge on any atom is 0.158 e. The Balaban J connectivity index is 1.68. The summed E-state index contributed by atoms with van der Waals surface area (Å²) in [6, 6.07) is 21.3. The van der Waals surface area contributed by atoms with Crippen molar-refractivity contribution in [1.29, 1.82) is 0 Å². The Kier molecular flexibility index (Phi) is 5.06. The lowest BCUT2D eigenvalue weighted by Crippen LogP contribution is -2.13. The van der Waals surface area contributed by atoms with Crippen LogP contribution in [0.1, 0.15) is 48.6 Å². The van der Waals surface area contributed by atoms with Gasteiger partial charge in [-0.05, 0) is 65.5 Å². The van der Waals surface area contributed by atoms with Crippen LogP contribution in [0.3, 0.4) is 0 Å². The van der Waals surface area contributed by atoms with Crippen LogP contribution in [0.25, 0.3) is 32.3 Å². The fourth-order valence-electron chi connectivity index (χ4n) is 5.63. The molecule has 0 saturated carbocycles. The van der Waals surface area contributed by atoms with Gasteiger partial charge in [0.2, 0.25) is 0 Å². The fraction of sp³-hybridized carbons (Fsp3) is 0.267. The van der Waals surface area contributed by atoms with Gasteiger partial charge in [-0.25, -0.2) is 16.8 Å². The predicted molar refractivity (Wildman–Crippen MR) is 148 cm³/mol. The lowest BCUT2D eigenvalue weighted by Gasteiger charge is -2.23. The van der Waals surface area contributed by atoms with Gasteiger partial charge in [0.1, 0.15) is 0 Å². The van der Waals surface area contributed by atoms with E-state index in [-0.39, 0.29) is 28.4 Å². The zero-order valence-electron chi connectivity index (χ0n) is 20.6. The number of fused-ring (bicyclic) bond motifs is 6. The molecule has 1 aliphatic heterocycles. The Labute approximate surface area is 212 Å². The lowest BCUT2D eigenvalue weighted by molar-refractivity contribution is 0.591. The average Bonchev–Trinajstić information content (AvgIpc) is 2.76. The molecule has 0 atom stereocenters. The molecule has 1 heterocycles. The van der Waals surface area contributed by atoms with E-state index < -0.39 is 19.7 Å². The summed E-state index contributed by atoms with van der Waals surface area (Å²) < 4.78 is 53.3. The van der Waals surface area contributed by atoms with E-state index in [2.05, 4.69) is 45.0 Å². The van der Waals surface area contributed by atoms with Gasteiger partial charge in [0, 0.05) is 0 Å². The molecular formula is C30H28O4S2. The van der Waals surface area contributed by atoms with E-state index >= 15 is 0 Å². The molecule has 1 aliphatic rings. The normalized spacial score (nSPS) is 17.8. The molecule has 5 aromatic rings. The van der Waals surface area contributed by atoms with E-state index in [1.54, 1.807) is 24.3 Å². The van der Waals surface area contributed by atoms with Crippen molar-refractivity contribution in [2.24, 2.45) is 0 Å². The largest absolute Gasteiger partial charge is 0.228 e. The molecule has 0 unspecified atom stereocenters. The molecule has 0 spiro atoms. The van der Waals surface area contributed by atoms with Gasteiger partial charge in [-0.1, -0.05) is 87.5 Å². The molecule has 6 heteroatoms. The molecule has 4 bridgehead atoms. The first-order valence-electron chi connectivity index (χ1n) is 12.1. The number of benzene rings is 5. The summed E-state index contributed by atoms with van der Waals surface area (Å²) in [4.78, 5) is 0. The van der Waals surface area contributed by atoms with Crippen molar-refractivity contribution in [2.75, 3.05) is 0 Å². The summed E-state index contributed by atoms with van der Waals surface area (Å²) in [6.45, 7) is 6.56. The van der Waals surface area contributed by atoms with Crippen molar-refractivity contribution in [2.45, 2.75) is 49.2 Å². The van der Waals surface area contributed by atoms with Crippen molar-refractivity contribution in [3.8, 4) is 0 Å². The van der Waals surface area contributed by atoms with E-state index in [1.165, 1.54) is 5.56 Å². The second kappa shape index (κ2) is 7.77. The molecule has 0 saturated heterocycles. The van der Waals surface area contributed by atoms with Crippen LogP contribution < -0.4 is 0 Å². The molecule has 5 aromatic carbocycles.